The standard InChI is InChI=1S/C17H18N2O5/c1-11(24-17(21)13-4-3-7-19(13)2)16(20)18-12-5-6-14-15(10-12)23-9-8-22-14/h3-7,10-11H,8-9H2,1-2H3,(H,18,20)/t11-/m0/s1. The van der Waals surface area contributed by atoms with Crippen molar-refractivity contribution in [2.75, 3.05) is 18.5 Å². The molecule has 24 heavy (non-hydrogen) atoms. The summed E-state index contributed by atoms with van der Waals surface area (Å²) in [5.41, 5.74) is 0.931. The highest BCUT2D eigenvalue weighted by Crippen LogP contribution is 2.32. The van der Waals surface area contributed by atoms with Crippen molar-refractivity contribution in [1.29, 1.82) is 0 Å². The minimum absolute atomic E-state index is 0.383. The maximum absolute atomic E-state index is 12.2. The topological polar surface area (TPSA) is 78.8 Å². The molecule has 1 atom stereocenters. The Hall–Kier alpha value is -2.96. The third-order valence-corrected chi connectivity index (χ3v) is 3.62. The van der Waals surface area contributed by atoms with Gasteiger partial charge >= 0.3 is 5.97 Å². The Morgan fingerprint density at radius 1 is 1.21 bits per heavy atom. The molecule has 1 aliphatic heterocycles. The molecule has 0 saturated heterocycles. The van der Waals surface area contributed by atoms with Gasteiger partial charge in [0.15, 0.2) is 17.6 Å². The number of benzene rings is 1. The minimum atomic E-state index is -0.930. The average Bonchev–Trinajstić information content (AvgIpc) is 3.00. The maximum atomic E-state index is 12.2. The van der Waals surface area contributed by atoms with Gasteiger partial charge in [-0.15, -0.1) is 0 Å². The van der Waals surface area contributed by atoms with Gasteiger partial charge in [-0.25, -0.2) is 4.79 Å². The van der Waals surface area contributed by atoms with Gasteiger partial charge in [0, 0.05) is 25.0 Å². The van der Waals surface area contributed by atoms with Crippen LogP contribution in [0.25, 0.3) is 0 Å². The molecule has 1 amide bonds. The van der Waals surface area contributed by atoms with Crippen LogP contribution in [-0.4, -0.2) is 35.8 Å². The molecule has 1 aliphatic rings. The van der Waals surface area contributed by atoms with Crippen molar-refractivity contribution in [3.05, 3.63) is 42.2 Å². The van der Waals surface area contributed by atoms with E-state index in [1.165, 1.54) is 6.92 Å². The Bertz CT molecular complexity index is 768. The molecule has 0 spiro atoms. The summed E-state index contributed by atoms with van der Waals surface area (Å²) in [5.74, 6) is 0.247. The molecule has 0 aliphatic carbocycles. The number of hydrogen-bond donors (Lipinski definition) is 1. The molecule has 2 heterocycles. The Labute approximate surface area is 139 Å². The molecule has 0 fully saturated rings. The third kappa shape index (κ3) is 3.34. The fourth-order valence-corrected chi connectivity index (χ4v) is 2.31. The van der Waals surface area contributed by atoms with Crippen LogP contribution in [0.3, 0.4) is 0 Å². The van der Waals surface area contributed by atoms with Crippen LogP contribution in [0.1, 0.15) is 17.4 Å². The van der Waals surface area contributed by atoms with Crippen LogP contribution < -0.4 is 14.8 Å². The molecular weight excluding hydrogens is 312 g/mol. The molecule has 126 valence electrons. The predicted octanol–water partition coefficient (Wildman–Crippen LogP) is 1.98. The van der Waals surface area contributed by atoms with Gasteiger partial charge in [0.05, 0.1) is 0 Å². The van der Waals surface area contributed by atoms with Crippen LogP contribution in [0, 0.1) is 0 Å². The van der Waals surface area contributed by atoms with Gasteiger partial charge in [-0.1, -0.05) is 0 Å². The molecular formula is C17H18N2O5. The van der Waals surface area contributed by atoms with Gasteiger partial charge in [-0.2, -0.15) is 0 Å². The van der Waals surface area contributed by atoms with E-state index in [2.05, 4.69) is 5.32 Å². The number of rotatable bonds is 4. The van der Waals surface area contributed by atoms with Gasteiger partial charge < -0.3 is 24.1 Å². The van der Waals surface area contributed by atoms with Crippen molar-refractivity contribution in [2.24, 2.45) is 7.05 Å². The van der Waals surface area contributed by atoms with Crippen LogP contribution in [0.15, 0.2) is 36.5 Å². The zero-order chi connectivity index (χ0) is 17.1. The third-order valence-electron chi connectivity index (χ3n) is 3.62. The number of esters is 1. The van der Waals surface area contributed by atoms with E-state index in [1.54, 1.807) is 48.1 Å². The fraction of sp³-hybridized carbons (Fsp3) is 0.294. The lowest BCUT2D eigenvalue weighted by Crippen LogP contribution is -2.30. The maximum Gasteiger partial charge on any atom is 0.355 e. The summed E-state index contributed by atoms with van der Waals surface area (Å²) in [6.07, 6.45) is 0.803. The highest BCUT2D eigenvalue weighted by atomic mass is 16.6. The summed E-state index contributed by atoms with van der Waals surface area (Å²) in [5, 5.41) is 2.70. The first-order valence-electron chi connectivity index (χ1n) is 7.57. The van der Waals surface area contributed by atoms with Crippen molar-refractivity contribution in [2.45, 2.75) is 13.0 Å². The number of amides is 1. The summed E-state index contributed by atoms with van der Waals surface area (Å²) < 4.78 is 17.7. The summed E-state index contributed by atoms with van der Waals surface area (Å²) in [6, 6.07) is 8.48. The second-order valence-electron chi connectivity index (χ2n) is 5.40. The van der Waals surface area contributed by atoms with Gasteiger partial charge in [-0.3, -0.25) is 4.79 Å². The Morgan fingerprint density at radius 2 is 1.96 bits per heavy atom. The van der Waals surface area contributed by atoms with E-state index in [4.69, 9.17) is 14.2 Å². The number of fused-ring (bicyclic) bond motifs is 1. The first-order valence-corrected chi connectivity index (χ1v) is 7.57. The molecule has 3 rings (SSSR count). The number of anilines is 1. The van der Waals surface area contributed by atoms with Crippen LogP contribution in [0.4, 0.5) is 5.69 Å². The predicted molar refractivity (Wildman–Crippen MR) is 86.4 cm³/mol. The van der Waals surface area contributed by atoms with Crippen LogP contribution in [0.2, 0.25) is 0 Å². The highest BCUT2D eigenvalue weighted by molar-refractivity contribution is 5.97. The number of aromatic nitrogens is 1. The van der Waals surface area contributed by atoms with E-state index < -0.39 is 18.0 Å². The Morgan fingerprint density at radius 3 is 2.67 bits per heavy atom. The van der Waals surface area contributed by atoms with Crippen LogP contribution >= 0.6 is 0 Å². The first-order chi connectivity index (χ1) is 11.5. The number of aryl methyl sites for hydroxylation is 1. The quantitative estimate of drug-likeness (QED) is 0.867. The number of carbonyl (C=O) groups is 2. The summed E-state index contributed by atoms with van der Waals surface area (Å²) in [4.78, 5) is 24.2. The molecule has 2 aromatic rings. The number of carbonyl (C=O) groups excluding carboxylic acids is 2. The number of nitrogens with one attached hydrogen (secondary N) is 1. The monoisotopic (exact) mass is 330 g/mol. The lowest BCUT2D eigenvalue weighted by Gasteiger charge is -2.19. The largest absolute Gasteiger partial charge is 0.486 e. The smallest absolute Gasteiger partial charge is 0.355 e. The van der Waals surface area contributed by atoms with Gasteiger partial charge in [0.2, 0.25) is 0 Å². The van der Waals surface area contributed by atoms with Crippen molar-refractivity contribution >= 4 is 17.6 Å². The Kier molecular flexibility index (Phi) is 4.41. The van der Waals surface area contributed by atoms with E-state index in [1.807, 2.05) is 0 Å². The first kappa shape index (κ1) is 15.9. The molecule has 0 unspecified atom stereocenters. The van der Waals surface area contributed by atoms with Crippen molar-refractivity contribution < 1.29 is 23.8 Å². The van der Waals surface area contributed by atoms with Crippen molar-refractivity contribution in [3.8, 4) is 11.5 Å². The molecule has 0 bridgehead atoms. The second-order valence-corrected chi connectivity index (χ2v) is 5.40. The van der Waals surface area contributed by atoms with E-state index in [9.17, 15) is 9.59 Å². The number of hydrogen-bond acceptors (Lipinski definition) is 5. The van der Waals surface area contributed by atoms with E-state index in [-0.39, 0.29) is 0 Å². The normalized spacial score (nSPS) is 13.9. The molecule has 1 aromatic carbocycles. The lowest BCUT2D eigenvalue weighted by molar-refractivity contribution is -0.123. The highest BCUT2D eigenvalue weighted by Gasteiger charge is 2.21. The zero-order valence-corrected chi connectivity index (χ0v) is 13.4. The molecule has 1 N–H and O–H groups in total. The van der Waals surface area contributed by atoms with Gasteiger partial charge in [0.25, 0.3) is 5.91 Å². The van der Waals surface area contributed by atoms with Crippen molar-refractivity contribution in [1.82, 2.24) is 4.57 Å². The number of ether oxygens (including phenoxy) is 3. The number of nitrogens with zero attached hydrogens (tertiary/aromatic N) is 1. The molecule has 1 aromatic heterocycles. The summed E-state index contributed by atoms with van der Waals surface area (Å²) in [6.45, 7) is 2.49. The molecule has 7 nitrogen and oxygen atoms in total. The molecule has 0 radical (unpaired) electrons. The summed E-state index contributed by atoms with van der Waals surface area (Å²) >= 11 is 0. The van der Waals surface area contributed by atoms with Crippen LogP contribution in [-0.2, 0) is 16.6 Å². The van der Waals surface area contributed by atoms with Gasteiger partial charge in [0.1, 0.15) is 18.9 Å². The van der Waals surface area contributed by atoms with E-state index in [0.717, 1.165) is 0 Å². The SMILES string of the molecule is C[C@H](OC(=O)c1cccn1C)C(=O)Nc1ccc2c(c1)OCCO2. The van der Waals surface area contributed by atoms with E-state index >= 15 is 0 Å². The molecule has 0 saturated carbocycles. The van der Waals surface area contributed by atoms with Gasteiger partial charge in [-0.05, 0) is 31.2 Å². The second kappa shape index (κ2) is 6.66. The summed E-state index contributed by atoms with van der Waals surface area (Å²) in [7, 11) is 1.73. The Balaban J connectivity index is 1.62. The van der Waals surface area contributed by atoms with E-state index in [0.29, 0.717) is 36.1 Å². The fourth-order valence-electron chi connectivity index (χ4n) is 2.31. The molecule has 7 heteroatoms. The lowest BCUT2D eigenvalue weighted by atomic mass is 10.2. The average molecular weight is 330 g/mol. The zero-order valence-electron chi connectivity index (χ0n) is 13.4. The van der Waals surface area contributed by atoms with Crippen LogP contribution in [0.5, 0.6) is 11.5 Å². The minimum Gasteiger partial charge on any atom is -0.486 e. The van der Waals surface area contributed by atoms with Crippen molar-refractivity contribution in [3.63, 3.8) is 0 Å².